The van der Waals surface area contributed by atoms with E-state index in [1.165, 1.54) is 11.1 Å². The van der Waals surface area contributed by atoms with E-state index in [0.717, 1.165) is 60.2 Å². The number of aryl methyl sites for hydroxylation is 2. The molecule has 2 N–H and O–H groups in total. The minimum Gasteiger partial charge on any atom is -0.490 e. The van der Waals surface area contributed by atoms with Crippen molar-refractivity contribution in [2.45, 2.75) is 45.0 Å². The monoisotopic (exact) mass is 532 g/mol. The van der Waals surface area contributed by atoms with E-state index in [1.807, 2.05) is 36.4 Å². The molecule has 0 spiro atoms. The normalized spacial score (nSPS) is 20.8. The molecule has 5 rings (SSSR count). The number of ether oxygens (including phenoxy) is 4. The highest BCUT2D eigenvalue weighted by Gasteiger charge is 2.34. The first kappa shape index (κ1) is 27.5. The van der Waals surface area contributed by atoms with E-state index < -0.39 is 6.10 Å². The zero-order valence-corrected chi connectivity index (χ0v) is 23.2. The van der Waals surface area contributed by atoms with Crippen LogP contribution in [0.5, 0.6) is 17.2 Å². The third-order valence-electron chi connectivity index (χ3n) is 7.72. The summed E-state index contributed by atoms with van der Waals surface area (Å²) in [6.07, 6.45) is 0.271. The number of β-amino-alcohol motifs (C(OH)–C–C–N with tert-alkyl or cyclic N) is 1. The SMILES string of the molecule is COCCCN1CCOc2ccc(COC3CNCC(O)C3c3ccc(Oc4ccc(C)c(C)c4)cc3)cc21. The summed E-state index contributed by atoms with van der Waals surface area (Å²) < 4.78 is 23.6. The van der Waals surface area contributed by atoms with Crippen molar-refractivity contribution in [3.05, 3.63) is 82.9 Å². The third kappa shape index (κ3) is 6.73. The molecule has 0 bridgehead atoms. The van der Waals surface area contributed by atoms with E-state index >= 15 is 0 Å². The Morgan fingerprint density at radius 3 is 2.59 bits per heavy atom. The average Bonchev–Trinajstić information content (AvgIpc) is 2.95. The lowest BCUT2D eigenvalue weighted by atomic mass is 9.85. The second kappa shape index (κ2) is 12.8. The van der Waals surface area contributed by atoms with Gasteiger partial charge in [-0.25, -0.2) is 0 Å². The van der Waals surface area contributed by atoms with Crippen molar-refractivity contribution in [2.24, 2.45) is 0 Å². The maximum absolute atomic E-state index is 10.9. The summed E-state index contributed by atoms with van der Waals surface area (Å²) >= 11 is 0. The minimum atomic E-state index is -0.538. The number of aliphatic hydroxyl groups excluding tert-OH is 1. The molecule has 2 aliphatic rings. The number of piperidine rings is 1. The van der Waals surface area contributed by atoms with Crippen molar-refractivity contribution < 1.29 is 24.1 Å². The van der Waals surface area contributed by atoms with E-state index in [0.29, 0.717) is 26.3 Å². The highest BCUT2D eigenvalue weighted by molar-refractivity contribution is 5.61. The van der Waals surface area contributed by atoms with Gasteiger partial charge >= 0.3 is 0 Å². The van der Waals surface area contributed by atoms with Gasteiger partial charge in [-0.05, 0) is 78.9 Å². The smallest absolute Gasteiger partial charge is 0.142 e. The van der Waals surface area contributed by atoms with E-state index in [4.69, 9.17) is 18.9 Å². The third-order valence-corrected chi connectivity index (χ3v) is 7.72. The second-order valence-corrected chi connectivity index (χ2v) is 10.5. The maximum atomic E-state index is 10.9. The largest absolute Gasteiger partial charge is 0.490 e. The zero-order valence-electron chi connectivity index (χ0n) is 23.2. The van der Waals surface area contributed by atoms with Crippen LogP contribution in [0.3, 0.4) is 0 Å². The van der Waals surface area contributed by atoms with Crippen LogP contribution in [0.25, 0.3) is 0 Å². The van der Waals surface area contributed by atoms with Gasteiger partial charge in [-0.15, -0.1) is 0 Å². The summed E-state index contributed by atoms with van der Waals surface area (Å²) in [5, 5.41) is 14.3. The number of fused-ring (bicyclic) bond motifs is 1. The van der Waals surface area contributed by atoms with Crippen molar-refractivity contribution in [3.8, 4) is 17.2 Å². The number of aliphatic hydroxyl groups is 1. The Morgan fingerprint density at radius 1 is 0.974 bits per heavy atom. The van der Waals surface area contributed by atoms with Crippen molar-refractivity contribution in [1.82, 2.24) is 5.32 Å². The molecule has 3 atom stereocenters. The molecule has 7 nitrogen and oxygen atoms in total. The first-order valence-corrected chi connectivity index (χ1v) is 13.9. The van der Waals surface area contributed by atoms with Crippen LogP contribution in [-0.2, 0) is 16.1 Å². The van der Waals surface area contributed by atoms with Crippen LogP contribution in [0.4, 0.5) is 5.69 Å². The summed E-state index contributed by atoms with van der Waals surface area (Å²) in [5.41, 5.74) is 5.69. The fraction of sp³-hybridized carbons (Fsp3) is 0.438. The summed E-state index contributed by atoms with van der Waals surface area (Å²) in [4.78, 5) is 2.36. The molecule has 0 amide bonds. The van der Waals surface area contributed by atoms with Crippen molar-refractivity contribution in [3.63, 3.8) is 0 Å². The number of nitrogens with zero attached hydrogens (tertiary/aromatic N) is 1. The Hall–Kier alpha value is -3.10. The summed E-state index contributed by atoms with van der Waals surface area (Å²) in [6.45, 7) is 9.09. The number of nitrogens with one attached hydrogen (secondary N) is 1. The predicted molar refractivity (Wildman–Crippen MR) is 153 cm³/mol. The number of benzene rings is 3. The molecule has 7 heteroatoms. The molecule has 0 aromatic heterocycles. The van der Waals surface area contributed by atoms with Gasteiger partial charge in [-0.2, -0.15) is 0 Å². The lowest BCUT2D eigenvalue weighted by Crippen LogP contribution is -2.49. The van der Waals surface area contributed by atoms with Crippen molar-refractivity contribution in [2.75, 3.05) is 51.4 Å². The Balaban J connectivity index is 1.25. The topological polar surface area (TPSA) is 72.4 Å². The molecule has 0 saturated carbocycles. The molecule has 1 saturated heterocycles. The number of methoxy groups -OCH3 is 1. The van der Waals surface area contributed by atoms with Gasteiger partial charge in [0, 0.05) is 39.3 Å². The number of hydrogen-bond donors (Lipinski definition) is 2. The van der Waals surface area contributed by atoms with Crippen LogP contribution in [-0.4, -0.2) is 63.8 Å². The maximum Gasteiger partial charge on any atom is 0.142 e. The van der Waals surface area contributed by atoms with Crippen LogP contribution in [0.2, 0.25) is 0 Å². The average molecular weight is 533 g/mol. The molecular formula is C32H40N2O5. The van der Waals surface area contributed by atoms with Gasteiger partial charge in [-0.3, -0.25) is 0 Å². The van der Waals surface area contributed by atoms with Crippen LogP contribution in [0.1, 0.15) is 34.6 Å². The molecule has 0 aliphatic carbocycles. The van der Waals surface area contributed by atoms with Gasteiger partial charge in [0.15, 0.2) is 0 Å². The summed E-state index contributed by atoms with van der Waals surface area (Å²) in [5.74, 6) is 2.38. The van der Waals surface area contributed by atoms with Crippen LogP contribution in [0, 0.1) is 13.8 Å². The highest BCUT2D eigenvalue weighted by atomic mass is 16.5. The van der Waals surface area contributed by atoms with Crippen molar-refractivity contribution >= 4 is 5.69 Å². The Morgan fingerprint density at radius 2 is 1.79 bits per heavy atom. The minimum absolute atomic E-state index is 0.131. The molecular weight excluding hydrogens is 492 g/mol. The number of rotatable bonds is 10. The van der Waals surface area contributed by atoms with Crippen LogP contribution < -0.4 is 19.7 Å². The van der Waals surface area contributed by atoms with Gasteiger partial charge in [-0.1, -0.05) is 24.3 Å². The molecule has 39 heavy (non-hydrogen) atoms. The van der Waals surface area contributed by atoms with Crippen molar-refractivity contribution in [1.29, 1.82) is 0 Å². The fourth-order valence-electron chi connectivity index (χ4n) is 5.39. The molecule has 2 heterocycles. The lowest BCUT2D eigenvalue weighted by Gasteiger charge is -2.36. The van der Waals surface area contributed by atoms with E-state index in [-0.39, 0.29) is 12.0 Å². The summed E-state index contributed by atoms with van der Waals surface area (Å²) in [7, 11) is 1.74. The zero-order chi connectivity index (χ0) is 27.2. The van der Waals surface area contributed by atoms with E-state index in [2.05, 4.69) is 48.3 Å². The molecule has 2 aliphatic heterocycles. The summed E-state index contributed by atoms with van der Waals surface area (Å²) in [6, 6.07) is 20.4. The quantitative estimate of drug-likeness (QED) is 0.358. The van der Waals surface area contributed by atoms with Gasteiger partial charge in [0.2, 0.25) is 0 Å². The van der Waals surface area contributed by atoms with Gasteiger partial charge < -0.3 is 34.3 Å². The molecule has 3 unspecified atom stereocenters. The molecule has 1 fully saturated rings. The van der Waals surface area contributed by atoms with Gasteiger partial charge in [0.05, 0.1) is 31.0 Å². The lowest BCUT2D eigenvalue weighted by molar-refractivity contribution is -0.0328. The van der Waals surface area contributed by atoms with Crippen LogP contribution in [0.15, 0.2) is 60.7 Å². The first-order valence-electron chi connectivity index (χ1n) is 13.9. The standard InChI is InChI=1S/C32H40N2O5/c1-22-5-9-27(17-23(22)2)39-26-10-7-25(8-11-26)32-29(35)19-33-20-31(32)38-21-24-6-12-30-28(18-24)34(14-16-37-30)13-4-15-36-3/h5-12,17-18,29,31-33,35H,4,13-16,19-21H2,1-3H3. The second-order valence-electron chi connectivity index (χ2n) is 10.5. The molecule has 208 valence electrons. The first-order chi connectivity index (χ1) is 19.0. The highest BCUT2D eigenvalue weighted by Crippen LogP contribution is 2.35. The van der Waals surface area contributed by atoms with Gasteiger partial charge in [0.1, 0.15) is 23.9 Å². The fourth-order valence-corrected chi connectivity index (χ4v) is 5.39. The number of hydrogen-bond acceptors (Lipinski definition) is 7. The number of anilines is 1. The van der Waals surface area contributed by atoms with E-state index in [9.17, 15) is 5.11 Å². The van der Waals surface area contributed by atoms with E-state index in [1.54, 1.807) is 7.11 Å². The Kier molecular flexibility index (Phi) is 9.04. The molecule has 3 aromatic rings. The molecule has 0 radical (unpaired) electrons. The predicted octanol–water partition coefficient (Wildman–Crippen LogP) is 4.96. The molecule has 3 aromatic carbocycles. The van der Waals surface area contributed by atoms with Gasteiger partial charge in [0.25, 0.3) is 0 Å². The Labute approximate surface area is 231 Å². The van der Waals surface area contributed by atoms with Crippen LogP contribution >= 0.6 is 0 Å². The Bertz CT molecular complexity index is 1230.